The molecule has 0 aliphatic carbocycles. The molecule has 4 heteroatoms. The number of ether oxygens (including phenoxy) is 1. The number of rotatable bonds is 5. The van der Waals surface area contributed by atoms with E-state index in [-0.39, 0.29) is 18.5 Å². The van der Waals surface area contributed by atoms with E-state index in [9.17, 15) is 4.79 Å². The molecule has 1 amide bonds. The summed E-state index contributed by atoms with van der Waals surface area (Å²) in [5.41, 5.74) is 6.64. The van der Waals surface area contributed by atoms with Crippen LogP contribution in [0.1, 0.15) is 43.1 Å². The van der Waals surface area contributed by atoms with E-state index in [0.29, 0.717) is 22.8 Å². The molecule has 1 aromatic carbocycles. The lowest BCUT2D eigenvalue weighted by molar-refractivity contribution is 0.0928. The number of hydrogen-bond donors (Lipinski definition) is 2. The highest BCUT2D eigenvalue weighted by molar-refractivity contribution is 5.95. The zero-order chi connectivity index (χ0) is 15.8. The van der Waals surface area contributed by atoms with Gasteiger partial charge in [0.05, 0.1) is 19.2 Å². The molecule has 0 bridgehead atoms. The first-order valence-electron chi connectivity index (χ1n) is 7.21. The molecule has 3 N–H and O–H groups in total. The smallest absolute Gasteiger partial charge is 0.251 e. The summed E-state index contributed by atoms with van der Waals surface area (Å²) < 4.78 is 5.24. The summed E-state index contributed by atoms with van der Waals surface area (Å²) >= 11 is 0. The van der Waals surface area contributed by atoms with Crippen LogP contribution in [0.5, 0.6) is 5.75 Å². The van der Waals surface area contributed by atoms with E-state index < -0.39 is 0 Å². The molecule has 0 saturated carbocycles. The van der Waals surface area contributed by atoms with Gasteiger partial charge in [0.1, 0.15) is 5.75 Å². The highest BCUT2D eigenvalue weighted by Gasteiger charge is 2.15. The van der Waals surface area contributed by atoms with Crippen LogP contribution in [0.3, 0.4) is 0 Å². The minimum absolute atomic E-state index is 0.0961. The summed E-state index contributed by atoms with van der Waals surface area (Å²) in [4.78, 5) is 12.3. The van der Waals surface area contributed by atoms with E-state index in [4.69, 9.17) is 10.5 Å². The number of nitrogens with two attached hydrogens (primary N) is 1. The standard InChI is InChI=1S/C17H24N2O2/c1-5-12(2)13(3)19-17(20)15-8-9-16(21-4)14(11-15)7-6-10-18/h8-9,11-13H,5,10,18H2,1-4H3,(H,19,20). The minimum Gasteiger partial charge on any atom is -0.495 e. The molecule has 0 heterocycles. The van der Waals surface area contributed by atoms with E-state index in [1.54, 1.807) is 25.3 Å². The van der Waals surface area contributed by atoms with E-state index >= 15 is 0 Å². The van der Waals surface area contributed by atoms with Crippen molar-refractivity contribution < 1.29 is 9.53 Å². The number of carbonyl (C=O) groups is 1. The number of carbonyl (C=O) groups excluding carboxylic acids is 1. The summed E-state index contributed by atoms with van der Waals surface area (Å²) in [7, 11) is 1.58. The van der Waals surface area contributed by atoms with Gasteiger partial charge in [0.15, 0.2) is 0 Å². The van der Waals surface area contributed by atoms with Gasteiger partial charge >= 0.3 is 0 Å². The summed E-state index contributed by atoms with van der Waals surface area (Å²) in [5, 5.41) is 3.02. The van der Waals surface area contributed by atoms with E-state index in [2.05, 4.69) is 31.0 Å². The van der Waals surface area contributed by atoms with Crippen LogP contribution in [0.4, 0.5) is 0 Å². The van der Waals surface area contributed by atoms with Gasteiger partial charge < -0.3 is 15.8 Å². The molecule has 0 aromatic heterocycles. The predicted molar refractivity (Wildman–Crippen MR) is 85.3 cm³/mol. The number of methoxy groups -OCH3 is 1. The minimum atomic E-state index is -0.0961. The van der Waals surface area contributed by atoms with Crippen LogP contribution < -0.4 is 15.8 Å². The maximum absolute atomic E-state index is 12.3. The van der Waals surface area contributed by atoms with Crippen molar-refractivity contribution in [2.75, 3.05) is 13.7 Å². The van der Waals surface area contributed by atoms with Crippen molar-refractivity contribution in [2.45, 2.75) is 33.2 Å². The van der Waals surface area contributed by atoms with E-state index in [1.807, 2.05) is 6.92 Å². The Morgan fingerprint density at radius 3 is 2.71 bits per heavy atom. The number of hydrogen-bond acceptors (Lipinski definition) is 3. The molecule has 0 radical (unpaired) electrons. The number of amides is 1. The van der Waals surface area contributed by atoms with Crippen LogP contribution in [-0.4, -0.2) is 25.6 Å². The maximum Gasteiger partial charge on any atom is 0.251 e. The lowest BCUT2D eigenvalue weighted by Crippen LogP contribution is -2.36. The topological polar surface area (TPSA) is 64.3 Å². The molecule has 2 unspecified atom stereocenters. The molecule has 1 rings (SSSR count). The Kier molecular flexibility index (Phi) is 6.77. The normalized spacial score (nSPS) is 12.8. The summed E-state index contributed by atoms with van der Waals surface area (Å²) in [6, 6.07) is 5.36. The van der Waals surface area contributed by atoms with Crippen molar-refractivity contribution in [1.29, 1.82) is 0 Å². The molecule has 2 atom stereocenters. The average Bonchev–Trinajstić information content (AvgIpc) is 2.51. The Bertz CT molecular complexity index is 543. The quantitative estimate of drug-likeness (QED) is 0.816. The summed E-state index contributed by atoms with van der Waals surface area (Å²) in [5.74, 6) is 6.69. The van der Waals surface area contributed by atoms with Crippen molar-refractivity contribution in [1.82, 2.24) is 5.32 Å². The predicted octanol–water partition coefficient (Wildman–Crippen LogP) is 2.17. The third kappa shape index (κ3) is 4.80. The van der Waals surface area contributed by atoms with E-state index in [1.165, 1.54) is 0 Å². The van der Waals surface area contributed by atoms with Crippen molar-refractivity contribution in [3.8, 4) is 17.6 Å². The van der Waals surface area contributed by atoms with Gasteiger partial charge in [0.25, 0.3) is 5.91 Å². The highest BCUT2D eigenvalue weighted by Crippen LogP contribution is 2.19. The first-order chi connectivity index (χ1) is 10.0. The van der Waals surface area contributed by atoms with Crippen molar-refractivity contribution >= 4 is 5.91 Å². The molecule has 4 nitrogen and oxygen atoms in total. The molecule has 0 saturated heterocycles. The van der Waals surface area contributed by atoms with Gasteiger partial charge in [-0.3, -0.25) is 4.79 Å². The molecule has 1 aromatic rings. The molecular weight excluding hydrogens is 264 g/mol. The SMILES string of the molecule is CCC(C)C(C)NC(=O)c1ccc(OC)c(C#CCN)c1. The van der Waals surface area contributed by atoms with Gasteiger partial charge in [0.2, 0.25) is 0 Å². The summed E-state index contributed by atoms with van der Waals surface area (Å²) in [6.45, 7) is 6.52. The Morgan fingerprint density at radius 1 is 1.43 bits per heavy atom. The number of nitrogens with one attached hydrogen (secondary N) is 1. The molecule has 21 heavy (non-hydrogen) atoms. The largest absolute Gasteiger partial charge is 0.495 e. The van der Waals surface area contributed by atoms with Gasteiger partial charge in [0, 0.05) is 11.6 Å². The van der Waals surface area contributed by atoms with Crippen LogP contribution in [-0.2, 0) is 0 Å². The zero-order valence-corrected chi connectivity index (χ0v) is 13.2. The average molecular weight is 288 g/mol. The van der Waals surface area contributed by atoms with Gasteiger partial charge in [-0.05, 0) is 31.0 Å². The monoisotopic (exact) mass is 288 g/mol. The van der Waals surface area contributed by atoms with Crippen molar-refractivity contribution in [2.24, 2.45) is 11.7 Å². The second kappa shape index (κ2) is 8.33. The first-order valence-corrected chi connectivity index (χ1v) is 7.21. The first kappa shape index (κ1) is 17.1. The molecular formula is C17H24N2O2. The molecule has 114 valence electrons. The Labute approximate surface area is 127 Å². The Morgan fingerprint density at radius 2 is 2.14 bits per heavy atom. The highest BCUT2D eigenvalue weighted by atomic mass is 16.5. The number of benzene rings is 1. The maximum atomic E-state index is 12.3. The zero-order valence-electron chi connectivity index (χ0n) is 13.2. The molecule has 0 fully saturated rings. The molecule has 0 aliphatic heterocycles. The van der Waals surface area contributed by atoms with Gasteiger partial charge in [-0.15, -0.1) is 0 Å². The molecule has 0 spiro atoms. The van der Waals surface area contributed by atoms with Crippen LogP contribution >= 0.6 is 0 Å². The fourth-order valence-electron chi connectivity index (χ4n) is 1.88. The lowest BCUT2D eigenvalue weighted by atomic mass is 10.0. The fourth-order valence-corrected chi connectivity index (χ4v) is 1.88. The van der Waals surface area contributed by atoms with Gasteiger partial charge in [-0.2, -0.15) is 0 Å². The second-order valence-corrected chi connectivity index (χ2v) is 5.07. The second-order valence-electron chi connectivity index (χ2n) is 5.07. The Hall–Kier alpha value is -1.99. The van der Waals surface area contributed by atoms with Gasteiger partial charge in [-0.1, -0.05) is 32.1 Å². The summed E-state index contributed by atoms with van der Waals surface area (Å²) in [6.07, 6.45) is 1.03. The van der Waals surface area contributed by atoms with E-state index in [0.717, 1.165) is 6.42 Å². The van der Waals surface area contributed by atoms with Gasteiger partial charge in [-0.25, -0.2) is 0 Å². The third-order valence-corrected chi connectivity index (χ3v) is 3.64. The molecule has 0 aliphatic rings. The van der Waals surface area contributed by atoms with Crippen LogP contribution in [0.25, 0.3) is 0 Å². The van der Waals surface area contributed by atoms with Crippen molar-refractivity contribution in [3.05, 3.63) is 29.3 Å². The third-order valence-electron chi connectivity index (χ3n) is 3.64. The Balaban J connectivity index is 2.95. The van der Waals surface area contributed by atoms with Crippen molar-refractivity contribution in [3.63, 3.8) is 0 Å². The van der Waals surface area contributed by atoms with Crippen LogP contribution in [0.15, 0.2) is 18.2 Å². The van der Waals surface area contributed by atoms with Crippen LogP contribution in [0, 0.1) is 17.8 Å². The lowest BCUT2D eigenvalue weighted by Gasteiger charge is -2.20. The fraction of sp³-hybridized carbons (Fsp3) is 0.471. The van der Waals surface area contributed by atoms with Crippen LogP contribution in [0.2, 0.25) is 0 Å².